The first-order chi connectivity index (χ1) is 13.3. The Kier molecular flexibility index (Phi) is 5.47. The summed E-state index contributed by atoms with van der Waals surface area (Å²) in [4.78, 5) is 19.0. The lowest BCUT2D eigenvalue weighted by atomic mass is 10.1. The zero-order chi connectivity index (χ0) is 18.5. The Hall–Kier alpha value is -2.69. The van der Waals surface area contributed by atoms with Crippen molar-refractivity contribution in [2.24, 2.45) is 0 Å². The molecular weight excluding hydrogens is 334 g/mol. The molecule has 4 heteroatoms. The van der Waals surface area contributed by atoms with Crippen LogP contribution >= 0.6 is 0 Å². The number of aromatic nitrogens is 1. The lowest BCUT2D eigenvalue weighted by Crippen LogP contribution is -3.28. The molecule has 1 aliphatic rings. The van der Waals surface area contributed by atoms with Crippen LogP contribution in [0.25, 0.3) is 17.0 Å². The summed E-state index contributed by atoms with van der Waals surface area (Å²) in [5, 5.41) is 1.04. The molecule has 3 N–H and O–H groups in total. The van der Waals surface area contributed by atoms with Crippen molar-refractivity contribution in [2.45, 2.75) is 0 Å². The quantitative estimate of drug-likeness (QED) is 0.560. The Morgan fingerprint density at radius 1 is 0.926 bits per heavy atom. The number of aromatic amines is 1. The number of H-pyrrole nitrogens is 1. The first kappa shape index (κ1) is 17.7. The summed E-state index contributed by atoms with van der Waals surface area (Å²) in [7, 11) is 0. The Labute approximate surface area is 160 Å². The molecule has 3 aromatic rings. The van der Waals surface area contributed by atoms with Gasteiger partial charge in [0.25, 0.3) is 0 Å². The number of rotatable bonds is 6. The molecule has 0 unspecified atom stereocenters. The van der Waals surface area contributed by atoms with Crippen LogP contribution in [0.15, 0.2) is 66.9 Å². The predicted molar refractivity (Wildman–Crippen MR) is 109 cm³/mol. The molecule has 4 nitrogen and oxygen atoms in total. The van der Waals surface area contributed by atoms with Gasteiger partial charge in [0, 0.05) is 22.7 Å². The summed E-state index contributed by atoms with van der Waals surface area (Å²) in [5.41, 5.74) is 3.12. The normalized spacial score (nSPS) is 20.3. The number of quaternary nitrogens is 2. The molecule has 0 amide bonds. The highest BCUT2D eigenvalue weighted by Gasteiger charge is 2.25. The molecule has 1 saturated heterocycles. The van der Waals surface area contributed by atoms with Crippen LogP contribution in [0.3, 0.4) is 0 Å². The SMILES string of the molecule is O=C(C[NH+]1CC[NH+](C/C=C/c2ccccc2)CC1)c1c[nH]c2ccccc12. The summed E-state index contributed by atoms with van der Waals surface area (Å²) in [6.07, 6.45) is 6.34. The van der Waals surface area contributed by atoms with Crippen LogP contribution in [-0.2, 0) is 0 Å². The minimum atomic E-state index is 0.245. The lowest BCUT2D eigenvalue weighted by Gasteiger charge is -2.28. The van der Waals surface area contributed by atoms with Crippen molar-refractivity contribution in [3.63, 3.8) is 0 Å². The molecule has 138 valence electrons. The first-order valence-corrected chi connectivity index (χ1v) is 9.77. The number of Topliss-reactive ketones (excluding diaryl/α,β-unsaturated/α-hetero) is 1. The van der Waals surface area contributed by atoms with E-state index >= 15 is 0 Å². The molecule has 4 rings (SSSR count). The smallest absolute Gasteiger partial charge is 0.219 e. The molecule has 0 radical (unpaired) electrons. The maximum absolute atomic E-state index is 12.7. The van der Waals surface area contributed by atoms with Gasteiger partial charge in [-0.15, -0.1) is 0 Å². The fourth-order valence-electron chi connectivity index (χ4n) is 3.89. The molecule has 0 bridgehead atoms. The van der Waals surface area contributed by atoms with E-state index in [1.54, 1.807) is 4.90 Å². The Bertz CT molecular complexity index is 921. The van der Waals surface area contributed by atoms with Crippen LogP contribution in [0.2, 0.25) is 0 Å². The van der Waals surface area contributed by atoms with Gasteiger partial charge in [-0.05, 0) is 17.7 Å². The fourth-order valence-corrected chi connectivity index (χ4v) is 3.89. The van der Waals surface area contributed by atoms with Gasteiger partial charge in [-0.2, -0.15) is 0 Å². The van der Waals surface area contributed by atoms with E-state index in [0.29, 0.717) is 6.54 Å². The van der Waals surface area contributed by atoms with E-state index in [2.05, 4.69) is 41.4 Å². The summed E-state index contributed by atoms with van der Waals surface area (Å²) in [6, 6.07) is 18.5. The number of benzene rings is 2. The minimum absolute atomic E-state index is 0.245. The Morgan fingerprint density at radius 3 is 2.44 bits per heavy atom. The number of ketones is 1. The predicted octanol–water partition coefficient (Wildman–Crippen LogP) is 0.847. The van der Waals surface area contributed by atoms with E-state index in [-0.39, 0.29) is 5.78 Å². The Balaban J connectivity index is 1.27. The monoisotopic (exact) mass is 361 g/mol. The maximum Gasteiger partial charge on any atom is 0.219 e. The number of hydrogen-bond acceptors (Lipinski definition) is 1. The van der Waals surface area contributed by atoms with Crippen molar-refractivity contribution in [2.75, 3.05) is 39.3 Å². The number of para-hydroxylation sites is 1. The molecule has 1 fully saturated rings. The molecule has 2 heterocycles. The number of piperazine rings is 1. The van der Waals surface area contributed by atoms with E-state index in [1.807, 2.05) is 36.5 Å². The van der Waals surface area contributed by atoms with E-state index in [4.69, 9.17) is 0 Å². The molecule has 1 aromatic heterocycles. The molecule has 0 atom stereocenters. The van der Waals surface area contributed by atoms with Crippen LogP contribution in [0.5, 0.6) is 0 Å². The van der Waals surface area contributed by atoms with Crippen LogP contribution in [0.1, 0.15) is 15.9 Å². The average molecular weight is 361 g/mol. The van der Waals surface area contributed by atoms with Gasteiger partial charge in [0.05, 0.1) is 6.54 Å². The maximum atomic E-state index is 12.7. The topological polar surface area (TPSA) is 41.7 Å². The van der Waals surface area contributed by atoms with Gasteiger partial charge in [-0.25, -0.2) is 0 Å². The largest absolute Gasteiger partial charge is 0.360 e. The molecule has 2 aromatic carbocycles. The van der Waals surface area contributed by atoms with E-state index in [0.717, 1.165) is 49.2 Å². The third kappa shape index (κ3) is 4.35. The average Bonchev–Trinajstić information content (AvgIpc) is 3.14. The highest BCUT2D eigenvalue weighted by Crippen LogP contribution is 2.17. The van der Waals surface area contributed by atoms with Crippen molar-refractivity contribution in [1.29, 1.82) is 0 Å². The van der Waals surface area contributed by atoms with Gasteiger partial charge in [0.2, 0.25) is 5.78 Å². The number of carbonyl (C=O) groups excluding carboxylic acids is 1. The van der Waals surface area contributed by atoms with Crippen molar-refractivity contribution in [3.05, 3.63) is 78.0 Å². The molecule has 0 spiro atoms. The summed E-state index contributed by atoms with van der Waals surface area (Å²) >= 11 is 0. The summed E-state index contributed by atoms with van der Waals surface area (Å²) < 4.78 is 0. The van der Waals surface area contributed by atoms with Gasteiger partial charge in [0.15, 0.2) is 0 Å². The van der Waals surface area contributed by atoms with Crippen molar-refractivity contribution >= 4 is 22.8 Å². The van der Waals surface area contributed by atoms with Gasteiger partial charge >= 0.3 is 0 Å². The summed E-state index contributed by atoms with van der Waals surface area (Å²) in [5.74, 6) is 0.245. The molecule has 1 aliphatic heterocycles. The second-order valence-electron chi connectivity index (χ2n) is 7.37. The number of nitrogens with one attached hydrogen (secondary N) is 3. The van der Waals surface area contributed by atoms with Crippen LogP contribution in [-0.4, -0.2) is 50.0 Å². The standard InChI is InChI=1S/C23H25N3O/c27-23(21-17-24-22-11-5-4-10-20(21)22)18-26-15-13-25(14-16-26)12-6-9-19-7-2-1-3-8-19/h1-11,17,24H,12-16,18H2/p+2/b9-6+. The molecule has 27 heavy (non-hydrogen) atoms. The van der Waals surface area contributed by atoms with Gasteiger partial charge < -0.3 is 14.8 Å². The van der Waals surface area contributed by atoms with Gasteiger partial charge in [-0.3, -0.25) is 4.79 Å². The van der Waals surface area contributed by atoms with Crippen molar-refractivity contribution in [1.82, 2.24) is 4.98 Å². The van der Waals surface area contributed by atoms with Crippen LogP contribution in [0.4, 0.5) is 0 Å². The fraction of sp³-hybridized carbons (Fsp3) is 0.261. The first-order valence-electron chi connectivity index (χ1n) is 9.77. The van der Waals surface area contributed by atoms with Gasteiger partial charge in [0.1, 0.15) is 32.7 Å². The molecule has 0 saturated carbocycles. The highest BCUT2D eigenvalue weighted by atomic mass is 16.1. The zero-order valence-corrected chi connectivity index (χ0v) is 15.6. The van der Waals surface area contributed by atoms with Crippen LogP contribution in [0, 0.1) is 0 Å². The second-order valence-corrected chi connectivity index (χ2v) is 7.37. The number of fused-ring (bicyclic) bond motifs is 1. The zero-order valence-electron chi connectivity index (χ0n) is 15.6. The van der Waals surface area contributed by atoms with Gasteiger partial charge in [-0.1, -0.05) is 54.6 Å². The van der Waals surface area contributed by atoms with E-state index in [9.17, 15) is 4.79 Å². The van der Waals surface area contributed by atoms with Crippen molar-refractivity contribution in [3.8, 4) is 0 Å². The highest BCUT2D eigenvalue weighted by molar-refractivity contribution is 6.08. The number of hydrogen-bond donors (Lipinski definition) is 3. The second kappa shape index (κ2) is 8.33. The number of carbonyl (C=O) groups is 1. The summed E-state index contributed by atoms with van der Waals surface area (Å²) in [6.45, 7) is 6.00. The Morgan fingerprint density at radius 2 is 1.63 bits per heavy atom. The lowest BCUT2D eigenvalue weighted by molar-refractivity contribution is -1.01. The van der Waals surface area contributed by atoms with E-state index < -0.39 is 0 Å². The molecule has 0 aliphatic carbocycles. The van der Waals surface area contributed by atoms with Crippen molar-refractivity contribution < 1.29 is 14.6 Å². The molecular formula is C23H27N3O+2. The van der Waals surface area contributed by atoms with E-state index in [1.165, 1.54) is 10.5 Å². The minimum Gasteiger partial charge on any atom is -0.360 e. The third-order valence-corrected chi connectivity index (χ3v) is 5.48. The third-order valence-electron chi connectivity index (χ3n) is 5.48. The van der Waals surface area contributed by atoms with Crippen LogP contribution < -0.4 is 9.80 Å².